The Bertz CT molecular complexity index is 1030. The summed E-state index contributed by atoms with van der Waals surface area (Å²) < 4.78 is 17.9. The maximum atomic E-state index is 13.2. The molecule has 0 bridgehead atoms. The maximum absolute atomic E-state index is 13.2. The summed E-state index contributed by atoms with van der Waals surface area (Å²) in [5, 5.41) is 5.62. The van der Waals surface area contributed by atoms with Crippen LogP contribution in [0.15, 0.2) is 60.8 Å². The maximum Gasteiger partial charge on any atom is 0.339 e. The topological polar surface area (TPSA) is 80.3 Å². The summed E-state index contributed by atoms with van der Waals surface area (Å²) in [4.78, 5) is 28.4. The van der Waals surface area contributed by atoms with E-state index in [-0.39, 0.29) is 10.6 Å². The Labute approximate surface area is 165 Å². The van der Waals surface area contributed by atoms with Crippen molar-refractivity contribution in [1.82, 2.24) is 4.98 Å². The van der Waals surface area contributed by atoms with E-state index in [1.54, 1.807) is 36.4 Å². The molecule has 1 heterocycles. The molecule has 3 aromatic rings. The smallest absolute Gasteiger partial charge is 0.339 e. The number of halogens is 2. The van der Waals surface area contributed by atoms with Gasteiger partial charge < -0.3 is 15.4 Å². The molecule has 2 N–H and O–H groups in total. The minimum Gasteiger partial charge on any atom is -0.465 e. The van der Waals surface area contributed by atoms with E-state index in [0.29, 0.717) is 22.8 Å². The van der Waals surface area contributed by atoms with Gasteiger partial charge in [0.25, 0.3) is 5.91 Å². The van der Waals surface area contributed by atoms with Crippen LogP contribution in [0.4, 0.5) is 21.6 Å². The Kier molecular flexibility index (Phi) is 5.86. The number of carbonyl (C=O) groups excluding carboxylic acids is 2. The first-order chi connectivity index (χ1) is 13.5. The van der Waals surface area contributed by atoms with Gasteiger partial charge in [0.2, 0.25) is 0 Å². The van der Waals surface area contributed by atoms with Gasteiger partial charge in [-0.1, -0.05) is 23.7 Å². The van der Waals surface area contributed by atoms with Crippen molar-refractivity contribution in [3.63, 3.8) is 0 Å². The fourth-order valence-electron chi connectivity index (χ4n) is 2.40. The first-order valence-corrected chi connectivity index (χ1v) is 8.52. The van der Waals surface area contributed by atoms with Crippen molar-refractivity contribution in [2.45, 2.75) is 0 Å². The van der Waals surface area contributed by atoms with E-state index in [2.05, 4.69) is 15.6 Å². The van der Waals surface area contributed by atoms with Crippen molar-refractivity contribution in [3.05, 3.63) is 82.8 Å². The lowest BCUT2D eigenvalue weighted by Crippen LogP contribution is -2.15. The van der Waals surface area contributed by atoms with Gasteiger partial charge in [-0.05, 0) is 42.5 Å². The Morgan fingerprint density at radius 1 is 1.11 bits per heavy atom. The summed E-state index contributed by atoms with van der Waals surface area (Å²) in [6, 6.07) is 13.9. The SMILES string of the molecule is COC(=O)c1ccccc1NC(=O)c1ccc(Nc2ccc(F)c(Cl)c2)nc1. The fraction of sp³-hybridized carbons (Fsp3) is 0.0500. The molecule has 0 aliphatic rings. The van der Waals surface area contributed by atoms with Crippen molar-refractivity contribution in [2.75, 3.05) is 17.7 Å². The van der Waals surface area contributed by atoms with Crippen molar-refractivity contribution >= 4 is 40.7 Å². The summed E-state index contributed by atoms with van der Waals surface area (Å²) in [6.45, 7) is 0. The van der Waals surface area contributed by atoms with Crippen LogP contribution in [0, 0.1) is 5.82 Å². The van der Waals surface area contributed by atoms with Crippen molar-refractivity contribution in [1.29, 1.82) is 0 Å². The third-order valence-corrected chi connectivity index (χ3v) is 4.09. The lowest BCUT2D eigenvalue weighted by atomic mass is 10.1. The minimum atomic E-state index is -0.550. The molecule has 0 saturated heterocycles. The Morgan fingerprint density at radius 2 is 1.89 bits per heavy atom. The van der Waals surface area contributed by atoms with Gasteiger partial charge in [-0.15, -0.1) is 0 Å². The number of carbonyl (C=O) groups is 2. The number of esters is 1. The van der Waals surface area contributed by atoms with E-state index < -0.39 is 17.7 Å². The molecule has 0 spiro atoms. The van der Waals surface area contributed by atoms with Crippen LogP contribution in [-0.2, 0) is 4.74 Å². The largest absolute Gasteiger partial charge is 0.465 e. The average molecular weight is 400 g/mol. The highest BCUT2D eigenvalue weighted by Crippen LogP contribution is 2.22. The number of anilines is 3. The molecule has 0 aliphatic carbocycles. The summed E-state index contributed by atoms with van der Waals surface area (Å²) in [5.74, 6) is -1.04. The monoisotopic (exact) mass is 399 g/mol. The summed E-state index contributed by atoms with van der Waals surface area (Å²) in [5.41, 5.74) is 1.44. The van der Waals surface area contributed by atoms with Crippen LogP contribution in [0.2, 0.25) is 5.02 Å². The van der Waals surface area contributed by atoms with E-state index in [4.69, 9.17) is 16.3 Å². The molecule has 1 amide bonds. The summed E-state index contributed by atoms with van der Waals surface area (Å²) in [7, 11) is 1.27. The van der Waals surface area contributed by atoms with Crippen LogP contribution >= 0.6 is 11.6 Å². The van der Waals surface area contributed by atoms with Crippen molar-refractivity contribution < 1.29 is 18.7 Å². The van der Waals surface area contributed by atoms with Crippen molar-refractivity contribution in [3.8, 4) is 0 Å². The number of ether oxygens (including phenoxy) is 1. The highest BCUT2D eigenvalue weighted by atomic mass is 35.5. The van der Waals surface area contributed by atoms with Gasteiger partial charge in [0.05, 0.1) is 28.9 Å². The number of para-hydroxylation sites is 1. The van der Waals surface area contributed by atoms with Gasteiger partial charge in [-0.25, -0.2) is 14.2 Å². The normalized spacial score (nSPS) is 10.2. The van der Waals surface area contributed by atoms with E-state index in [9.17, 15) is 14.0 Å². The highest BCUT2D eigenvalue weighted by molar-refractivity contribution is 6.31. The molecule has 28 heavy (non-hydrogen) atoms. The quantitative estimate of drug-likeness (QED) is 0.610. The number of aromatic nitrogens is 1. The molecule has 2 aromatic carbocycles. The number of amides is 1. The van der Waals surface area contributed by atoms with Crippen LogP contribution in [0.25, 0.3) is 0 Å². The van der Waals surface area contributed by atoms with Gasteiger partial charge in [0.1, 0.15) is 11.6 Å². The van der Waals surface area contributed by atoms with Gasteiger partial charge in [0.15, 0.2) is 0 Å². The van der Waals surface area contributed by atoms with Crippen LogP contribution in [0.5, 0.6) is 0 Å². The van der Waals surface area contributed by atoms with Crippen LogP contribution in [0.3, 0.4) is 0 Å². The van der Waals surface area contributed by atoms with Gasteiger partial charge in [0, 0.05) is 11.9 Å². The summed E-state index contributed by atoms with van der Waals surface area (Å²) in [6.07, 6.45) is 1.38. The van der Waals surface area contributed by atoms with E-state index >= 15 is 0 Å². The first-order valence-electron chi connectivity index (χ1n) is 8.15. The number of nitrogens with one attached hydrogen (secondary N) is 2. The Morgan fingerprint density at radius 3 is 2.57 bits per heavy atom. The van der Waals surface area contributed by atoms with Gasteiger partial charge in [-0.3, -0.25) is 4.79 Å². The van der Waals surface area contributed by atoms with Gasteiger partial charge >= 0.3 is 5.97 Å². The first kappa shape index (κ1) is 19.3. The Balaban J connectivity index is 1.72. The number of rotatable bonds is 5. The summed E-state index contributed by atoms with van der Waals surface area (Å²) >= 11 is 5.75. The molecule has 3 rings (SSSR count). The zero-order valence-electron chi connectivity index (χ0n) is 14.7. The third-order valence-electron chi connectivity index (χ3n) is 3.80. The van der Waals surface area contributed by atoms with Gasteiger partial charge in [-0.2, -0.15) is 0 Å². The molecule has 1 aromatic heterocycles. The predicted molar refractivity (Wildman–Crippen MR) is 105 cm³/mol. The molecule has 142 valence electrons. The number of benzene rings is 2. The molecular weight excluding hydrogens is 385 g/mol. The van der Waals surface area contributed by atoms with E-state index in [1.165, 1.54) is 31.5 Å². The van der Waals surface area contributed by atoms with E-state index in [0.717, 1.165) is 0 Å². The lowest BCUT2D eigenvalue weighted by Gasteiger charge is -2.10. The lowest BCUT2D eigenvalue weighted by molar-refractivity contribution is 0.0602. The molecule has 0 saturated carbocycles. The molecule has 0 fully saturated rings. The standard InChI is InChI=1S/C20H15ClFN3O3/c1-28-20(27)14-4-2-3-5-17(14)25-19(26)12-6-9-18(23-11-12)24-13-7-8-16(22)15(21)10-13/h2-11H,1H3,(H,23,24)(H,25,26). The second kappa shape index (κ2) is 8.49. The predicted octanol–water partition coefficient (Wildman–Crippen LogP) is 4.66. The molecular formula is C20H15ClFN3O3. The number of pyridine rings is 1. The molecule has 0 aliphatic heterocycles. The molecule has 0 unspecified atom stereocenters. The number of hydrogen-bond donors (Lipinski definition) is 2. The number of methoxy groups -OCH3 is 1. The molecule has 6 nitrogen and oxygen atoms in total. The zero-order valence-corrected chi connectivity index (χ0v) is 15.5. The Hall–Kier alpha value is -3.45. The number of nitrogens with zero attached hydrogens (tertiary/aromatic N) is 1. The third kappa shape index (κ3) is 4.44. The average Bonchev–Trinajstić information content (AvgIpc) is 2.71. The minimum absolute atomic E-state index is 0.00901. The number of hydrogen-bond acceptors (Lipinski definition) is 5. The van der Waals surface area contributed by atoms with E-state index in [1.807, 2.05) is 0 Å². The van der Waals surface area contributed by atoms with Crippen LogP contribution < -0.4 is 10.6 Å². The molecule has 8 heteroatoms. The molecule has 0 atom stereocenters. The second-order valence-electron chi connectivity index (χ2n) is 5.68. The second-order valence-corrected chi connectivity index (χ2v) is 6.08. The highest BCUT2D eigenvalue weighted by Gasteiger charge is 2.14. The van der Waals surface area contributed by atoms with Crippen molar-refractivity contribution in [2.24, 2.45) is 0 Å². The van der Waals surface area contributed by atoms with Crippen LogP contribution in [0.1, 0.15) is 20.7 Å². The fourth-order valence-corrected chi connectivity index (χ4v) is 2.58. The molecule has 0 radical (unpaired) electrons. The van der Waals surface area contributed by atoms with Crippen LogP contribution in [-0.4, -0.2) is 24.0 Å². The zero-order chi connectivity index (χ0) is 20.1.